The first-order chi connectivity index (χ1) is 7.59. The number of hydrogen-bond donors (Lipinski definition) is 0. The highest BCUT2D eigenvalue weighted by Crippen LogP contribution is 2.29. The predicted molar refractivity (Wildman–Crippen MR) is 41.4 cm³/mol. The van der Waals surface area contributed by atoms with Gasteiger partial charge in [-0.1, -0.05) is 0 Å². The van der Waals surface area contributed by atoms with E-state index in [1.165, 1.54) is 0 Å². The van der Waals surface area contributed by atoms with Crippen molar-refractivity contribution in [2.45, 2.75) is 13.1 Å². The molecule has 0 fully saturated rings. The van der Waals surface area contributed by atoms with E-state index < -0.39 is 46.4 Å². The van der Waals surface area contributed by atoms with E-state index in [9.17, 15) is 35.5 Å². The van der Waals surface area contributed by atoms with Gasteiger partial charge in [0.1, 0.15) is 0 Å². The van der Waals surface area contributed by atoms with Crippen molar-refractivity contribution in [1.29, 1.82) is 0 Å². The van der Waals surface area contributed by atoms with Gasteiger partial charge < -0.3 is 0 Å². The molecule has 0 unspecified atom stereocenters. The van der Waals surface area contributed by atoms with Crippen LogP contribution < -0.4 is 0 Å². The molecule has 0 aromatic heterocycles. The molecule has 1 rings (SSSR count). The van der Waals surface area contributed by atoms with Crippen LogP contribution in [0.25, 0.3) is 0 Å². The molecule has 0 spiro atoms. The van der Waals surface area contributed by atoms with Gasteiger partial charge in [0.2, 0.25) is 0 Å². The third kappa shape index (κ3) is 2.11. The smallest absolute Gasteiger partial charge is 0.284 e. The second-order valence-electron chi connectivity index (χ2n) is 3.08. The Balaban J connectivity index is 3.62. The number of carbonyl (C=O) groups is 1. The summed E-state index contributed by atoms with van der Waals surface area (Å²) in [6, 6.07) is 0. The molecular formula is C9H3F7O. The maximum Gasteiger partial charge on any atom is 0.454 e. The van der Waals surface area contributed by atoms with Gasteiger partial charge in [-0.3, -0.25) is 4.79 Å². The van der Waals surface area contributed by atoms with Gasteiger partial charge in [0.25, 0.3) is 5.78 Å². The number of carbonyl (C=O) groups excluding carboxylic acids is 1. The van der Waals surface area contributed by atoms with Crippen LogP contribution in [0.4, 0.5) is 30.7 Å². The quantitative estimate of drug-likeness (QED) is 0.328. The average molecular weight is 260 g/mol. The Morgan fingerprint density at radius 2 is 1.29 bits per heavy atom. The normalized spacial score (nSPS) is 11.8. The number of alkyl halides is 3. The molecule has 0 amide bonds. The third-order valence-electron chi connectivity index (χ3n) is 1.99. The lowest BCUT2D eigenvalue weighted by Crippen LogP contribution is -2.26. The number of benzene rings is 1. The maximum absolute atomic E-state index is 13.0. The summed E-state index contributed by atoms with van der Waals surface area (Å²) in [4.78, 5) is 10.7. The summed E-state index contributed by atoms with van der Waals surface area (Å²) in [5.41, 5.74) is -3.09. The Morgan fingerprint density at radius 3 is 1.71 bits per heavy atom. The van der Waals surface area contributed by atoms with Crippen molar-refractivity contribution in [2.75, 3.05) is 0 Å². The summed E-state index contributed by atoms with van der Waals surface area (Å²) < 4.78 is 87.2. The summed E-state index contributed by atoms with van der Waals surface area (Å²) in [5, 5.41) is 0. The maximum atomic E-state index is 13.0. The lowest BCUT2D eigenvalue weighted by Gasteiger charge is -2.11. The molecule has 0 N–H and O–H groups in total. The SMILES string of the molecule is Cc1c(F)c(F)c(F)c(F)c1C(=O)C(F)(F)F. The van der Waals surface area contributed by atoms with Crippen molar-refractivity contribution in [3.05, 3.63) is 34.4 Å². The molecule has 1 aromatic carbocycles. The summed E-state index contributed by atoms with van der Waals surface area (Å²) in [5.74, 6) is -11.9. The Morgan fingerprint density at radius 1 is 0.882 bits per heavy atom. The minimum absolute atomic E-state index is 0.542. The molecule has 8 heteroatoms. The molecule has 0 saturated carbocycles. The fourth-order valence-electron chi connectivity index (χ4n) is 1.15. The number of halogens is 7. The first-order valence-electron chi connectivity index (χ1n) is 4.03. The third-order valence-corrected chi connectivity index (χ3v) is 1.99. The molecule has 0 aliphatic rings. The highest BCUT2D eigenvalue weighted by Gasteiger charge is 2.43. The monoisotopic (exact) mass is 260 g/mol. The molecule has 0 radical (unpaired) electrons. The van der Waals surface area contributed by atoms with E-state index in [-0.39, 0.29) is 0 Å². The fourth-order valence-corrected chi connectivity index (χ4v) is 1.15. The molecule has 1 nitrogen and oxygen atoms in total. The molecule has 0 aliphatic carbocycles. The highest BCUT2D eigenvalue weighted by atomic mass is 19.4. The van der Waals surface area contributed by atoms with Crippen LogP contribution in [0.5, 0.6) is 0 Å². The Kier molecular flexibility index (Phi) is 3.17. The minimum Gasteiger partial charge on any atom is -0.284 e. The van der Waals surface area contributed by atoms with Crippen LogP contribution in [0.15, 0.2) is 0 Å². The number of hydrogen-bond acceptors (Lipinski definition) is 1. The lowest BCUT2D eigenvalue weighted by atomic mass is 10.0. The second kappa shape index (κ2) is 4.01. The van der Waals surface area contributed by atoms with Crippen LogP contribution in [-0.4, -0.2) is 12.0 Å². The van der Waals surface area contributed by atoms with Gasteiger partial charge in [0.05, 0.1) is 5.56 Å². The van der Waals surface area contributed by atoms with E-state index in [0.717, 1.165) is 0 Å². The van der Waals surface area contributed by atoms with Gasteiger partial charge in [0.15, 0.2) is 23.3 Å². The Bertz CT molecular complexity index is 460. The van der Waals surface area contributed by atoms with Crippen molar-refractivity contribution >= 4 is 5.78 Å². The van der Waals surface area contributed by atoms with Crippen LogP contribution in [0.2, 0.25) is 0 Å². The van der Waals surface area contributed by atoms with E-state index in [1.54, 1.807) is 0 Å². The van der Waals surface area contributed by atoms with Crippen molar-refractivity contribution in [3.8, 4) is 0 Å². The van der Waals surface area contributed by atoms with Crippen LogP contribution in [-0.2, 0) is 0 Å². The zero-order valence-electron chi connectivity index (χ0n) is 8.05. The van der Waals surface area contributed by atoms with E-state index >= 15 is 0 Å². The van der Waals surface area contributed by atoms with Crippen LogP contribution in [0.1, 0.15) is 15.9 Å². The average Bonchev–Trinajstić information content (AvgIpc) is 2.22. The van der Waals surface area contributed by atoms with E-state index in [1.807, 2.05) is 0 Å². The molecule has 0 atom stereocenters. The Hall–Kier alpha value is -1.60. The summed E-state index contributed by atoms with van der Waals surface area (Å²) >= 11 is 0. The Labute approximate surface area is 89.8 Å². The fraction of sp³-hybridized carbons (Fsp3) is 0.222. The molecule has 0 heterocycles. The first kappa shape index (κ1) is 13.5. The molecule has 1 aromatic rings. The molecule has 0 saturated heterocycles. The number of Topliss-reactive ketones (excluding diaryl/α,β-unsaturated/α-hetero) is 1. The van der Waals surface area contributed by atoms with Crippen LogP contribution in [0, 0.1) is 30.2 Å². The van der Waals surface area contributed by atoms with E-state index in [0.29, 0.717) is 6.92 Å². The minimum atomic E-state index is -5.51. The van der Waals surface area contributed by atoms with Gasteiger partial charge in [0, 0.05) is 5.56 Å². The first-order valence-corrected chi connectivity index (χ1v) is 4.03. The number of rotatable bonds is 1. The second-order valence-corrected chi connectivity index (χ2v) is 3.08. The summed E-state index contributed by atoms with van der Waals surface area (Å²) in [7, 11) is 0. The lowest BCUT2D eigenvalue weighted by molar-refractivity contribution is -0.0888. The molecule has 17 heavy (non-hydrogen) atoms. The highest BCUT2D eigenvalue weighted by molar-refractivity contribution is 6.01. The standard InChI is InChI=1S/C9H3F7O/c1-2-3(8(17)9(14,15)16)5(11)7(13)6(12)4(2)10/h1H3. The van der Waals surface area contributed by atoms with Gasteiger partial charge in [-0.15, -0.1) is 0 Å². The van der Waals surface area contributed by atoms with Crippen molar-refractivity contribution in [1.82, 2.24) is 0 Å². The van der Waals surface area contributed by atoms with Gasteiger partial charge in [-0.25, -0.2) is 17.6 Å². The topological polar surface area (TPSA) is 17.1 Å². The van der Waals surface area contributed by atoms with Gasteiger partial charge >= 0.3 is 6.18 Å². The van der Waals surface area contributed by atoms with Gasteiger partial charge in [-0.2, -0.15) is 13.2 Å². The zero-order valence-corrected chi connectivity index (χ0v) is 8.05. The van der Waals surface area contributed by atoms with Crippen LogP contribution in [0.3, 0.4) is 0 Å². The van der Waals surface area contributed by atoms with Crippen molar-refractivity contribution < 1.29 is 35.5 Å². The van der Waals surface area contributed by atoms with E-state index in [4.69, 9.17) is 0 Å². The molecule has 0 bridgehead atoms. The largest absolute Gasteiger partial charge is 0.454 e. The van der Waals surface area contributed by atoms with Crippen molar-refractivity contribution in [3.63, 3.8) is 0 Å². The molecule has 0 aliphatic heterocycles. The summed E-state index contributed by atoms with van der Waals surface area (Å²) in [6.07, 6.45) is -5.51. The predicted octanol–water partition coefficient (Wildman–Crippen LogP) is 3.30. The van der Waals surface area contributed by atoms with Crippen LogP contribution >= 0.6 is 0 Å². The summed E-state index contributed by atoms with van der Waals surface area (Å²) in [6.45, 7) is 0.542. The number of ketones is 1. The van der Waals surface area contributed by atoms with E-state index in [2.05, 4.69) is 0 Å². The van der Waals surface area contributed by atoms with Crippen molar-refractivity contribution in [2.24, 2.45) is 0 Å². The molecule has 94 valence electrons. The van der Waals surface area contributed by atoms with Gasteiger partial charge in [-0.05, 0) is 6.92 Å². The molecular weight excluding hydrogens is 257 g/mol. The zero-order chi connectivity index (χ0) is 13.5.